The average molecular weight is 554 g/mol. The van der Waals surface area contributed by atoms with Crippen LogP contribution in [0.5, 0.6) is 5.75 Å². The Labute approximate surface area is 185 Å². The van der Waals surface area contributed by atoms with Crippen molar-refractivity contribution in [1.29, 1.82) is 0 Å². The highest BCUT2D eigenvalue weighted by Gasteiger charge is 2.56. The Morgan fingerprint density at radius 1 is 1.20 bits per heavy atom. The molecule has 2 aromatic carbocycles. The lowest BCUT2D eigenvalue weighted by Crippen LogP contribution is -2.35. The number of aliphatic hydroxyl groups is 1. The van der Waals surface area contributed by atoms with Gasteiger partial charge in [-0.05, 0) is 60.1 Å². The second-order valence-electron chi connectivity index (χ2n) is 7.45. The number of fused-ring (bicyclic) bond motifs is 1. The summed E-state index contributed by atoms with van der Waals surface area (Å²) in [5.74, 6) is -3.64. The van der Waals surface area contributed by atoms with Gasteiger partial charge in [-0.25, -0.2) is 21.6 Å². The van der Waals surface area contributed by atoms with Crippen molar-refractivity contribution in [3.05, 3.63) is 45.3 Å². The highest BCUT2D eigenvalue weighted by molar-refractivity contribution is 14.1. The summed E-state index contributed by atoms with van der Waals surface area (Å²) in [6.07, 6.45) is -0.0836. The second-order valence-corrected chi connectivity index (χ2v) is 10.8. The standard InChI is InChI=1S/C19H18F3IN2O4S/c20-12-7-10(23)1-2-14(12)24-18-16(22)13(21)8-15-17(18)25-30(27,28)19(4-5-19)9-11(26)3-6-29-15/h1-2,7-8,11,24-26H,3-6,9H2. The summed E-state index contributed by atoms with van der Waals surface area (Å²) in [6, 6.07) is 4.82. The smallest absolute Gasteiger partial charge is 0.238 e. The largest absolute Gasteiger partial charge is 0.491 e. The van der Waals surface area contributed by atoms with E-state index in [1.807, 2.05) is 22.6 Å². The third-order valence-corrected chi connectivity index (χ3v) is 8.16. The molecule has 30 heavy (non-hydrogen) atoms. The van der Waals surface area contributed by atoms with Crippen LogP contribution in [0, 0.1) is 21.0 Å². The topological polar surface area (TPSA) is 87.7 Å². The lowest BCUT2D eigenvalue weighted by atomic mass is 10.1. The van der Waals surface area contributed by atoms with E-state index in [0.717, 1.165) is 6.07 Å². The van der Waals surface area contributed by atoms with Crippen LogP contribution in [-0.2, 0) is 10.0 Å². The molecule has 162 valence electrons. The predicted molar refractivity (Wildman–Crippen MR) is 114 cm³/mol. The van der Waals surface area contributed by atoms with Gasteiger partial charge < -0.3 is 15.2 Å². The second kappa shape index (κ2) is 7.75. The maximum absolute atomic E-state index is 14.7. The minimum absolute atomic E-state index is 0.0131. The van der Waals surface area contributed by atoms with Gasteiger partial charge in [0.1, 0.15) is 22.9 Å². The first-order valence-corrected chi connectivity index (χ1v) is 11.8. The summed E-state index contributed by atoms with van der Waals surface area (Å²) in [5, 5.41) is 12.6. The molecule has 1 saturated carbocycles. The fourth-order valence-corrected chi connectivity index (χ4v) is 5.65. The van der Waals surface area contributed by atoms with Crippen molar-refractivity contribution < 1.29 is 31.4 Å². The van der Waals surface area contributed by atoms with Gasteiger partial charge in [-0.3, -0.25) is 4.72 Å². The summed E-state index contributed by atoms with van der Waals surface area (Å²) in [5.41, 5.74) is -1.07. The highest BCUT2D eigenvalue weighted by Crippen LogP contribution is 2.50. The Morgan fingerprint density at radius 3 is 2.60 bits per heavy atom. The molecule has 1 spiro atoms. The lowest BCUT2D eigenvalue weighted by Gasteiger charge is -2.26. The SMILES string of the molecule is O=S1(=O)Nc2c(cc(F)c(F)c2Nc2ccc(I)cc2F)OCCC(O)CC12CC2. The molecule has 2 aliphatic rings. The maximum atomic E-state index is 14.7. The number of anilines is 3. The van der Waals surface area contributed by atoms with Crippen LogP contribution in [-0.4, -0.2) is 31.0 Å². The van der Waals surface area contributed by atoms with E-state index in [-0.39, 0.29) is 36.6 Å². The van der Waals surface area contributed by atoms with Crippen LogP contribution >= 0.6 is 22.6 Å². The molecule has 0 bridgehead atoms. The number of hydrogen-bond acceptors (Lipinski definition) is 5. The molecule has 0 saturated heterocycles. The molecule has 1 unspecified atom stereocenters. The zero-order chi connectivity index (χ0) is 21.7. The van der Waals surface area contributed by atoms with Gasteiger partial charge in [-0.1, -0.05) is 0 Å². The van der Waals surface area contributed by atoms with Gasteiger partial charge in [-0.2, -0.15) is 0 Å². The van der Waals surface area contributed by atoms with E-state index in [1.54, 1.807) is 6.07 Å². The third kappa shape index (κ3) is 3.94. The van der Waals surface area contributed by atoms with Gasteiger partial charge in [0.05, 0.1) is 23.1 Å². The van der Waals surface area contributed by atoms with Crippen molar-refractivity contribution in [2.75, 3.05) is 16.6 Å². The van der Waals surface area contributed by atoms with Gasteiger partial charge in [0.2, 0.25) is 10.0 Å². The van der Waals surface area contributed by atoms with Gasteiger partial charge in [-0.15, -0.1) is 0 Å². The molecule has 6 nitrogen and oxygen atoms in total. The molecule has 1 aliphatic heterocycles. The molecule has 1 fully saturated rings. The Morgan fingerprint density at radius 2 is 1.93 bits per heavy atom. The van der Waals surface area contributed by atoms with E-state index in [2.05, 4.69) is 10.0 Å². The fraction of sp³-hybridized carbons (Fsp3) is 0.368. The van der Waals surface area contributed by atoms with Crippen LogP contribution < -0.4 is 14.8 Å². The predicted octanol–water partition coefficient (Wildman–Crippen LogP) is 4.26. The Bertz CT molecular complexity index is 1110. The molecule has 4 rings (SSSR count). The summed E-state index contributed by atoms with van der Waals surface area (Å²) in [4.78, 5) is 0. The van der Waals surface area contributed by atoms with Crippen molar-refractivity contribution in [3.8, 4) is 5.75 Å². The van der Waals surface area contributed by atoms with E-state index < -0.39 is 44.0 Å². The van der Waals surface area contributed by atoms with E-state index in [9.17, 15) is 26.7 Å². The van der Waals surface area contributed by atoms with Crippen LogP contribution in [0.25, 0.3) is 0 Å². The molecule has 0 radical (unpaired) electrons. The number of halogens is 4. The number of aliphatic hydroxyl groups excluding tert-OH is 1. The van der Waals surface area contributed by atoms with Crippen molar-refractivity contribution in [1.82, 2.24) is 0 Å². The van der Waals surface area contributed by atoms with E-state index in [0.29, 0.717) is 16.4 Å². The number of nitrogens with one attached hydrogen (secondary N) is 2. The summed E-state index contributed by atoms with van der Waals surface area (Å²) in [7, 11) is -4.07. The van der Waals surface area contributed by atoms with Gasteiger partial charge in [0, 0.05) is 16.1 Å². The van der Waals surface area contributed by atoms with Crippen molar-refractivity contribution >= 4 is 49.7 Å². The van der Waals surface area contributed by atoms with Crippen LogP contribution in [0.3, 0.4) is 0 Å². The molecule has 1 heterocycles. The molecule has 0 amide bonds. The lowest BCUT2D eigenvalue weighted by molar-refractivity contribution is 0.127. The van der Waals surface area contributed by atoms with E-state index in [1.165, 1.54) is 12.1 Å². The maximum Gasteiger partial charge on any atom is 0.238 e. The van der Waals surface area contributed by atoms with Crippen molar-refractivity contribution in [2.45, 2.75) is 36.5 Å². The van der Waals surface area contributed by atoms with Crippen LogP contribution in [0.1, 0.15) is 25.7 Å². The van der Waals surface area contributed by atoms with Gasteiger partial charge >= 0.3 is 0 Å². The molecular formula is C19H18F3IN2O4S. The van der Waals surface area contributed by atoms with Crippen molar-refractivity contribution in [2.24, 2.45) is 0 Å². The number of benzene rings is 2. The Hall–Kier alpha value is -1.73. The molecule has 2 aromatic rings. The first kappa shape index (κ1) is 21.5. The minimum Gasteiger partial charge on any atom is -0.491 e. The fourth-order valence-electron chi connectivity index (χ4n) is 3.46. The first-order valence-electron chi connectivity index (χ1n) is 9.19. The summed E-state index contributed by atoms with van der Waals surface area (Å²) >= 11 is 1.90. The number of sulfonamides is 1. The summed E-state index contributed by atoms with van der Waals surface area (Å²) in [6.45, 7) is -0.0334. The molecule has 1 atom stereocenters. The van der Waals surface area contributed by atoms with Crippen LogP contribution in [0.2, 0.25) is 0 Å². The summed E-state index contributed by atoms with van der Waals surface area (Å²) < 4.78 is 76.5. The average Bonchev–Trinajstić information content (AvgIpc) is 3.44. The molecule has 11 heteroatoms. The quantitative estimate of drug-likeness (QED) is 0.484. The Balaban J connectivity index is 1.84. The Kier molecular flexibility index (Phi) is 5.56. The highest BCUT2D eigenvalue weighted by atomic mass is 127. The molecule has 3 N–H and O–H groups in total. The van der Waals surface area contributed by atoms with Gasteiger partial charge in [0.25, 0.3) is 0 Å². The molecular weight excluding hydrogens is 536 g/mol. The van der Waals surface area contributed by atoms with Crippen LogP contribution in [0.15, 0.2) is 24.3 Å². The monoisotopic (exact) mass is 554 g/mol. The van der Waals surface area contributed by atoms with E-state index >= 15 is 0 Å². The van der Waals surface area contributed by atoms with Gasteiger partial charge in [0.15, 0.2) is 11.6 Å². The minimum atomic E-state index is -4.07. The van der Waals surface area contributed by atoms with E-state index in [4.69, 9.17) is 4.74 Å². The normalized spacial score (nSPS) is 21.8. The first-order chi connectivity index (χ1) is 14.1. The zero-order valence-electron chi connectivity index (χ0n) is 15.5. The molecule has 0 aromatic heterocycles. The molecule has 1 aliphatic carbocycles. The zero-order valence-corrected chi connectivity index (χ0v) is 18.5. The number of hydrogen-bond donors (Lipinski definition) is 3. The number of rotatable bonds is 2. The third-order valence-electron chi connectivity index (χ3n) is 5.30. The van der Waals surface area contributed by atoms with Crippen molar-refractivity contribution in [3.63, 3.8) is 0 Å². The number of ether oxygens (including phenoxy) is 1. The van der Waals surface area contributed by atoms with Crippen LogP contribution in [0.4, 0.5) is 30.2 Å².